The lowest BCUT2D eigenvalue weighted by Gasteiger charge is -2.26. The predicted molar refractivity (Wildman–Crippen MR) is 93.6 cm³/mol. The normalized spacial score (nSPS) is 17.4. The molecule has 0 fully saturated rings. The molecule has 0 spiro atoms. The summed E-state index contributed by atoms with van der Waals surface area (Å²) in [6.45, 7) is 2.66. The summed E-state index contributed by atoms with van der Waals surface area (Å²) in [4.78, 5) is 2.32. The van der Waals surface area contributed by atoms with Crippen molar-refractivity contribution in [3.63, 3.8) is 0 Å². The molecule has 0 aliphatic carbocycles. The van der Waals surface area contributed by atoms with E-state index >= 15 is 0 Å². The molecule has 0 radical (unpaired) electrons. The summed E-state index contributed by atoms with van der Waals surface area (Å²) in [5.41, 5.74) is 2.82. The van der Waals surface area contributed by atoms with E-state index in [-0.39, 0.29) is 10.9 Å². The van der Waals surface area contributed by atoms with E-state index < -0.39 is 10.0 Å². The lowest BCUT2D eigenvalue weighted by molar-refractivity contribution is 0.597. The molecule has 2 aromatic carbocycles. The van der Waals surface area contributed by atoms with Crippen LogP contribution in [0.1, 0.15) is 18.1 Å². The second-order valence-corrected chi connectivity index (χ2v) is 8.09. The second-order valence-electron chi connectivity index (χ2n) is 5.72. The number of nitrogens with two attached hydrogens (primary N) is 1. The van der Waals surface area contributed by atoms with Crippen LogP contribution in [0.2, 0.25) is 10.0 Å². The first-order valence-corrected chi connectivity index (χ1v) is 9.43. The lowest BCUT2D eigenvalue weighted by Crippen LogP contribution is -2.28. The summed E-state index contributed by atoms with van der Waals surface area (Å²) >= 11 is 12.5. The number of hydrogen-bond acceptors (Lipinski definition) is 3. The minimum atomic E-state index is -3.69. The molecule has 3 rings (SSSR count). The van der Waals surface area contributed by atoms with Gasteiger partial charge in [0.2, 0.25) is 10.0 Å². The molecule has 0 amide bonds. The van der Waals surface area contributed by atoms with Crippen LogP contribution in [0.4, 0.5) is 5.69 Å². The Morgan fingerprint density at radius 3 is 2.48 bits per heavy atom. The molecule has 0 bridgehead atoms. The van der Waals surface area contributed by atoms with Crippen LogP contribution in [0.5, 0.6) is 0 Å². The zero-order chi connectivity index (χ0) is 16.8. The monoisotopic (exact) mass is 370 g/mol. The molecule has 2 aromatic rings. The number of nitrogens with zero attached hydrogens (tertiary/aromatic N) is 1. The van der Waals surface area contributed by atoms with Gasteiger partial charge in [-0.1, -0.05) is 29.3 Å². The average Bonchev–Trinajstić information content (AvgIpc) is 2.77. The van der Waals surface area contributed by atoms with Gasteiger partial charge in [0, 0.05) is 33.9 Å². The van der Waals surface area contributed by atoms with Gasteiger partial charge in [-0.05, 0) is 49.2 Å². The summed E-state index contributed by atoms with van der Waals surface area (Å²) in [5, 5.41) is 6.46. The molecule has 1 atom stereocenters. The van der Waals surface area contributed by atoms with Crippen LogP contribution in [-0.2, 0) is 23.0 Å². The van der Waals surface area contributed by atoms with Crippen molar-refractivity contribution in [3.8, 4) is 0 Å². The molecule has 1 aliphatic rings. The molecule has 1 unspecified atom stereocenters. The van der Waals surface area contributed by atoms with E-state index in [1.807, 2.05) is 18.2 Å². The molecule has 0 aromatic heterocycles. The Kier molecular flexibility index (Phi) is 4.31. The number of rotatable bonds is 3. The second kappa shape index (κ2) is 5.98. The highest BCUT2D eigenvalue weighted by Gasteiger charge is 2.28. The molecule has 1 aliphatic heterocycles. The summed E-state index contributed by atoms with van der Waals surface area (Å²) in [6, 6.07) is 10.6. The standard InChI is InChI=1S/C16H16Cl2N2O2S/c1-10-7-11-8-12(23(19,21)22)5-6-16(11)20(10)9-13-14(17)3-2-4-15(13)18/h2-6,8,10H,7,9H2,1H3,(H2,19,21,22). The van der Waals surface area contributed by atoms with Gasteiger partial charge < -0.3 is 4.90 Å². The maximum absolute atomic E-state index is 11.5. The first-order chi connectivity index (χ1) is 10.8. The Hall–Kier alpha value is -1.27. The molecule has 1 heterocycles. The van der Waals surface area contributed by atoms with Gasteiger partial charge in [-0.2, -0.15) is 0 Å². The number of benzene rings is 2. The number of sulfonamides is 1. The molecule has 23 heavy (non-hydrogen) atoms. The smallest absolute Gasteiger partial charge is 0.238 e. The van der Waals surface area contributed by atoms with E-state index in [1.165, 1.54) is 6.07 Å². The van der Waals surface area contributed by atoms with Crippen LogP contribution >= 0.6 is 23.2 Å². The molecule has 7 heteroatoms. The van der Waals surface area contributed by atoms with Crippen molar-refractivity contribution >= 4 is 38.9 Å². The van der Waals surface area contributed by atoms with Crippen LogP contribution in [0.25, 0.3) is 0 Å². The van der Waals surface area contributed by atoms with Crippen molar-refractivity contribution < 1.29 is 8.42 Å². The van der Waals surface area contributed by atoms with Crippen molar-refractivity contribution in [2.45, 2.75) is 30.8 Å². The summed E-state index contributed by atoms with van der Waals surface area (Å²) in [5.74, 6) is 0. The van der Waals surface area contributed by atoms with Crippen molar-refractivity contribution in [1.82, 2.24) is 0 Å². The van der Waals surface area contributed by atoms with Crippen molar-refractivity contribution in [2.75, 3.05) is 4.90 Å². The molecule has 122 valence electrons. The first-order valence-electron chi connectivity index (χ1n) is 7.12. The molecular weight excluding hydrogens is 355 g/mol. The van der Waals surface area contributed by atoms with E-state index in [9.17, 15) is 8.42 Å². The van der Waals surface area contributed by atoms with Crippen LogP contribution in [0, 0.1) is 0 Å². The number of anilines is 1. The van der Waals surface area contributed by atoms with Crippen molar-refractivity contribution in [1.29, 1.82) is 0 Å². The molecule has 2 N–H and O–H groups in total. The van der Waals surface area contributed by atoms with E-state index in [0.717, 1.165) is 23.2 Å². The fourth-order valence-corrected chi connectivity index (χ4v) is 4.02. The third-order valence-electron chi connectivity index (χ3n) is 4.13. The van der Waals surface area contributed by atoms with Crippen LogP contribution in [0.3, 0.4) is 0 Å². The van der Waals surface area contributed by atoms with Gasteiger partial charge in [-0.25, -0.2) is 13.6 Å². The van der Waals surface area contributed by atoms with Gasteiger partial charge in [0.1, 0.15) is 0 Å². The topological polar surface area (TPSA) is 63.4 Å². The minimum Gasteiger partial charge on any atom is -0.364 e. The Morgan fingerprint density at radius 1 is 1.22 bits per heavy atom. The predicted octanol–water partition coefficient (Wildman–Crippen LogP) is 3.59. The highest BCUT2D eigenvalue weighted by molar-refractivity contribution is 7.89. The zero-order valence-electron chi connectivity index (χ0n) is 12.5. The van der Waals surface area contributed by atoms with Crippen molar-refractivity contribution in [2.24, 2.45) is 5.14 Å². The maximum atomic E-state index is 11.5. The van der Waals surface area contributed by atoms with Gasteiger partial charge in [0.15, 0.2) is 0 Å². The van der Waals surface area contributed by atoms with Crippen LogP contribution in [-0.4, -0.2) is 14.5 Å². The highest BCUT2D eigenvalue weighted by Crippen LogP contribution is 2.36. The first kappa shape index (κ1) is 16.6. The van der Waals surface area contributed by atoms with E-state index in [4.69, 9.17) is 28.3 Å². The third kappa shape index (κ3) is 3.19. The number of halogens is 2. The highest BCUT2D eigenvalue weighted by atomic mass is 35.5. The third-order valence-corrected chi connectivity index (χ3v) is 5.75. The summed E-state index contributed by atoms with van der Waals surface area (Å²) < 4.78 is 23.0. The van der Waals surface area contributed by atoms with E-state index in [2.05, 4.69) is 11.8 Å². The number of primary sulfonamides is 1. The molecule has 0 saturated heterocycles. The van der Waals surface area contributed by atoms with E-state index in [0.29, 0.717) is 16.6 Å². The van der Waals surface area contributed by atoms with Gasteiger partial charge in [0.25, 0.3) is 0 Å². The Morgan fingerprint density at radius 2 is 1.87 bits per heavy atom. The zero-order valence-corrected chi connectivity index (χ0v) is 14.8. The summed E-state index contributed by atoms with van der Waals surface area (Å²) in [7, 11) is -3.69. The Balaban J connectivity index is 1.98. The van der Waals surface area contributed by atoms with Crippen molar-refractivity contribution in [3.05, 3.63) is 57.6 Å². The van der Waals surface area contributed by atoms with Crippen LogP contribution in [0.15, 0.2) is 41.3 Å². The van der Waals surface area contributed by atoms with Crippen LogP contribution < -0.4 is 10.0 Å². The quantitative estimate of drug-likeness (QED) is 0.897. The fourth-order valence-electron chi connectivity index (χ4n) is 2.94. The lowest BCUT2D eigenvalue weighted by atomic mass is 10.1. The molecule has 4 nitrogen and oxygen atoms in total. The maximum Gasteiger partial charge on any atom is 0.238 e. The number of hydrogen-bond donors (Lipinski definition) is 1. The number of fused-ring (bicyclic) bond motifs is 1. The Labute approximate surface area is 145 Å². The van der Waals surface area contributed by atoms with E-state index in [1.54, 1.807) is 12.1 Å². The fraction of sp³-hybridized carbons (Fsp3) is 0.250. The van der Waals surface area contributed by atoms with Gasteiger partial charge in [-0.3, -0.25) is 0 Å². The Bertz CT molecular complexity index is 848. The molecule has 0 saturated carbocycles. The van der Waals surface area contributed by atoms with Gasteiger partial charge >= 0.3 is 0 Å². The minimum absolute atomic E-state index is 0.140. The SMILES string of the molecule is CC1Cc2cc(S(N)(=O)=O)ccc2N1Cc1c(Cl)cccc1Cl. The largest absolute Gasteiger partial charge is 0.364 e. The summed E-state index contributed by atoms with van der Waals surface area (Å²) in [6.07, 6.45) is 0.751. The molecular formula is C16H16Cl2N2O2S. The van der Waals surface area contributed by atoms with Gasteiger partial charge in [0.05, 0.1) is 4.90 Å². The van der Waals surface area contributed by atoms with Gasteiger partial charge in [-0.15, -0.1) is 0 Å². The average molecular weight is 371 g/mol.